The Hall–Kier alpha value is 1.81. The molecule has 0 aromatic carbocycles. The van der Waals surface area contributed by atoms with Gasteiger partial charge in [-0.3, -0.25) is 0 Å². The van der Waals surface area contributed by atoms with Gasteiger partial charge in [0.15, 0.2) is 0 Å². The predicted molar refractivity (Wildman–Crippen MR) is 51.1 cm³/mol. The van der Waals surface area contributed by atoms with Gasteiger partial charge >= 0.3 is 68.9 Å². The van der Waals surface area contributed by atoms with Crippen LogP contribution in [0.15, 0.2) is 18.3 Å². The fourth-order valence-electron chi connectivity index (χ4n) is 1.06. The van der Waals surface area contributed by atoms with Crippen molar-refractivity contribution in [3.63, 3.8) is 0 Å². The van der Waals surface area contributed by atoms with Crippen LogP contribution in [0.2, 0.25) is 0 Å². The van der Waals surface area contributed by atoms with Crippen molar-refractivity contribution in [3.8, 4) is 0 Å². The molecular formula is C9H13BrCsN. The number of aryl methyl sites for hydroxylation is 1. The Morgan fingerprint density at radius 3 is 2.67 bits per heavy atom. The smallest absolute Gasteiger partial charge is 0.668 e. The van der Waals surface area contributed by atoms with Gasteiger partial charge in [0, 0.05) is 5.33 Å². The monoisotopic (exact) mass is 347 g/mol. The van der Waals surface area contributed by atoms with Gasteiger partial charge in [0.1, 0.15) is 0 Å². The third-order valence-electron chi connectivity index (χ3n) is 1.68. The van der Waals surface area contributed by atoms with Crippen molar-refractivity contribution in [1.29, 1.82) is 0 Å². The topological polar surface area (TPSA) is 14.1 Å². The molecule has 0 N–H and O–H groups in total. The predicted octanol–water partition coefficient (Wildman–Crippen LogP) is -0.245. The number of hydrogen-bond acceptors (Lipinski definition) is 0. The maximum atomic E-state index is 4.20. The summed E-state index contributed by atoms with van der Waals surface area (Å²) in [4.78, 5) is 4.20. The molecule has 0 fully saturated rings. The second-order valence-corrected chi connectivity index (χ2v) is 3.42. The van der Waals surface area contributed by atoms with Gasteiger partial charge in [0.25, 0.3) is 0 Å². The van der Waals surface area contributed by atoms with E-state index >= 15 is 0 Å². The first-order chi connectivity index (χ1) is 5.43. The largest absolute Gasteiger partial charge is 1.00 e. The summed E-state index contributed by atoms with van der Waals surface area (Å²) in [6.07, 6.45) is 6.85. The molecule has 1 nitrogen and oxygen atoms in total. The molecule has 1 rings (SSSR count). The summed E-state index contributed by atoms with van der Waals surface area (Å²) in [6, 6.07) is 4.09. The Morgan fingerprint density at radius 1 is 1.25 bits per heavy atom. The van der Waals surface area contributed by atoms with Crippen molar-refractivity contribution in [2.75, 3.05) is 5.33 Å². The van der Waals surface area contributed by atoms with Gasteiger partial charge in [0.2, 0.25) is 0 Å². The molecule has 0 atom stereocenters. The number of halogens is 1. The summed E-state index contributed by atoms with van der Waals surface area (Å²) in [5.74, 6) is 0. The molecule has 0 aliphatic heterocycles. The zero-order chi connectivity index (χ0) is 7.94. The van der Waals surface area contributed by atoms with E-state index in [0.717, 1.165) is 11.8 Å². The van der Waals surface area contributed by atoms with E-state index < -0.39 is 0 Å². The molecule has 0 unspecified atom stereocenters. The number of rotatable bonds is 5. The van der Waals surface area contributed by atoms with E-state index in [4.69, 9.17) is 0 Å². The molecule has 0 amide bonds. The van der Waals surface area contributed by atoms with Gasteiger partial charge in [0.05, 0.1) is 0 Å². The Bertz CT molecular complexity index is 175. The third kappa shape index (κ3) is 6.29. The minimum absolute atomic E-state index is 0. The normalized spacial score (nSPS) is 9.42. The molecule has 0 aliphatic carbocycles. The van der Waals surface area contributed by atoms with Crippen LogP contribution in [0, 0.1) is 0 Å². The maximum Gasteiger partial charge on any atom is 1.00 e. The minimum atomic E-state index is 0. The second kappa shape index (κ2) is 9.37. The van der Waals surface area contributed by atoms with Crippen LogP contribution in [0.25, 0.3) is 0 Å². The zero-order valence-electron chi connectivity index (χ0n) is 7.59. The Kier molecular flexibility index (Phi) is 10.8. The van der Waals surface area contributed by atoms with Crippen LogP contribution in [0.5, 0.6) is 0 Å². The molecule has 0 aliphatic rings. The minimum Gasteiger partial charge on any atom is -0.668 e. The van der Waals surface area contributed by atoms with Gasteiger partial charge < -0.3 is 4.98 Å². The van der Waals surface area contributed by atoms with Gasteiger partial charge in [-0.2, -0.15) is 11.9 Å². The van der Waals surface area contributed by atoms with E-state index in [0.29, 0.717) is 0 Å². The summed E-state index contributed by atoms with van der Waals surface area (Å²) >= 11 is 3.41. The van der Waals surface area contributed by atoms with E-state index in [-0.39, 0.29) is 68.9 Å². The Balaban J connectivity index is 0.00000121. The van der Waals surface area contributed by atoms with Crippen LogP contribution >= 0.6 is 15.9 Å². The van der Waals surface area contributed by atoms with Gasteiger partial charge in [-0.25, -0.2) is 0 Å². The maximum absolute atomic E-state index is 4.20. The van der Waals surface area contributed by atoms with Crippen LogP contribution in [-0.2, 0) is 6.42 Å². The zero-order valence-corrected chi connectivity index (χ0v) is 15.5. The van der Waals surface area contributed by atoms with E-state index in [9.17, 15) is 0 Å². The van der Waals surface area contributed by atoms with Crippen molar-refractivity contribution in [2.45, 2.75) is 25.7 Å². The number of alkyl halides is 1. The number of unbranched alkanes of at least 4 members (excludes halogenated alkanes) is 2. The number of nitrogens with zero attached hydrogens (tertiary/aromatic N) is 1. The molecular weight excluding hydrogens is 335 g/mol. The molecule has 0 radical (unpaired) electrons. The van der Waals surface area contributed by atoms with E-state index in [1.54, 1.807) is 0 Å². The first-order valence-corrected chi connectivity index (χ1v) is 5.18. The molecule has 1 heterocycles. The molecule has 1 aromatic heterocycles. The molecule has 12 heavy (non-hydrogen) atoms. The van der Waals surface area contributed by atoms with Gasteiger partial charge in [-0.1, -0.05) is 40.9 Å². The average molecular weight is 348 g/mol. The third-order valence-corrected chi connectivity index (χ3v) is 2.24. The molecule has 3 heteroatoms. The van der Waals surface area contributed by atoms with Crippen molar-refractivity contribution < 1.29 is 68.9 Å². The van der Waals surface area contributed by atoms with Crippen LogP contribution in [0.1, 0.15) is 25.0 Å². The van der Waals surface area contributed by atoms with Gasteiger partial charge in [-0.05, 0) is 12.8 Å². The van der Waals surface area contributed by atoms with Crippen LogP contribution in [0.4, 0.5) is 0 Å². The average Bonchev–Trinajstić information content (AvgIpc) is 2.50. The quantitative estimate of drug-likeness (QED) is 0.529. The number of aromatic nitrogens is 1. The van der Waals surface area contributed by atoms with Crippen molar-refractivity contribution in [1.82, 2.24) is 4.98 Å². The molecule has 0 bridgehead atoms. The van der Waals surface area contributed by atoms with E-state index in [1.165, 1.54) is 25.0 Å². The van der Waals surface area contributed by atoms with Crippen LogP contribution < -0.4 is 73.9 Å². The number of hydrogen-bond donors (Lipinski definition) is 0. The molecule has 1 aromatic rings. The fraction of sp³-hybridized carbons (Fsp3) is 0.556. The van der Waals surface area contributed by atoms with Crippen LogP contribution in [-0.4, -0.2) is 5.33 Å². The molecule has 0 saturated heterocycles. The summed E-state index contributed by atoms with van der Waals surface area (Å²) in [6.45, 7) is 0. The first-order valence-electron chi connectivity index (χ1n) is 4.06. The molecule has 0 spiro atoms. The fourth-order valence-corrected chi connectivity index (χ4v) is 1.46. The second-order valence-electron chi connectivity index (χ2n) is 2.63. The SMILES string of the molecule is BrCCCCCc1ccc[n-]1.[Cs+]. The molecule has 62 valence electrons. The van der Waals surface area contributed by atoms with Crippen molar-refractivity contribution in [2.24, 2.45) is 0 Å². The van der Waals surface area contributed by atoms with Crippen molar-refractivity contribution in [3.05, 3.63) is 24.0 Å². The first kappa shape index (κ1) is 13.8. The molecule has 0 saturated carbocycles. The summed E-state index contributed by atoms with van der Waals surface area (Å²) in [7, 11) is 0. The summed E-state index contributed by atoms with van der Waals surface area (Å²) in [5, 5.41) is 1.13. The summed E-state index contributed by atoms with van der Waals surface area (Å²) in [5.41, 5.74) is 1.24. The van der Waals surface area contributed by atoms with Crippen LogP contribution in [0.3, 0.4) is 0 Å². The standard InChI is InChI=1S/C9H13BrN.Cs/c10-7-3-1-2-5-9-6-4-8-11-9;/h4,6,8H,1-3,5,7H2;/q-1;+1. The Morgan fingerprint density at radius 2 is 2.08 bits per heavy atom. The van der Waals surface area contributed by atoms with Gasteiger partial charge in [-0.15, -0.1) is 0 Å². The van der Waals surface area contributed by atoms with E-state index in [1.807, 2.05) is 12.3 Å². The summed E-state index contributed by atoms with van der Waals surface area (Å²) < 4.78 is 0. The van der Waals surface area contributed by atoms with E-state index in [2.05, 4.69) is 27.0 Å². The Labute approximate surface area is 142 Å². The van der Waals surface area contributed by atoms with Crippen molar-refractivity contribution >= 4 is 15.9 Å².